The second-order valence-corrected chi connectivity index (χ2v) is 10.6. The van der Waals surface area contributed by atoms with Gasteiger partial charge in [-0.2, -0.15) is 4.31 Å². The molecule has 3 fully saturated rings. The van der Waals surface area contributed by atoms with E-state index >= 15 is 0 Å². The predicted molar refractivity (Wildman–Crippen MR) is 121 cm³/mol. The molecule has 2 aromatic rings. The summed E-state index contributed by atoms with van der Waals surface area (Å²) in [7, 11) is -2.00. The Morgan fingerprint density at radius 2 is 1.75 bits per heavy atom. The maximum atomic E-state index is 13.0. The topological polar surface area (TPSA) is 82.2 Å². The fourth-order valence-electron chi connectivity index (χ4n) is 5.05. The lowest BCUT2D eigenvalue weighted by Gasteiger charge is -2.50. The molecule has 1 N–H and O–H groups in total. The fourth-order valence-corrected chi connectivity index (χ4v) is 6.60. The Hall–Kier alpha value is -2.62. The van der Waals surface area contributed by atoms with Crippen molar-refractivity contribution in [2.45, 2.75) is 29.3 Å². The first-order chi connectivity index (χ1) is 15.4. The lowest BCUT2D eigenvalue weighted by Crippen LogP contribution is -2.65. The predicted octanol–water partition coefficient (Wildman–Crippen LogP) is 1.50. The largest absolute Gasteiger partial charge is 0.497 e. The van der Waals surface area contributed by atoms with Gasteiger partial charge in [0.2, 0.25) is 15.9 Å². The van der Waals surface area contributed by atoms with Crippen LogP contribution in [0.4, 0.5) is 5.69 Å². The standard InChI is InChI=1S/C23H28N4O4S/c1-31-20-8-5-9-21(14-20)32(29,30)26-15-19(16-26)25-12-10-23(11-13-25)22(28)24-17-27(23)18-6-3-2-4-7-18/h2-9,14,19H,10-13,15-17H2,1H3,(H,24,28). The van der Waals surface area contributed by atoms with E-state index in [1.54, 1.807) is 24.3 Å². The Morgan fingerprint density at radius 3 is 2.44 bits per heavy atom. The number of benzene rings is 2. The minimum absolute atomic E-state index is 0.0943. The van der Waals surface area contributed by atoms with Crippen LogP contribution in [0.15, 0.2) is 59.5 Å². The number of anilines is 1. The summed E-state index contributed by atoms with van der Waals surface area (Å²) in [6.07, 6.45) is 1.46. The molecule has 3 saturated heterocycles. The summed E-state index contributed by atoms with van der Waals surface area (Å²) in [6, 6.07) is 16.8. The first kappa shape index (κ1) is 21.2. The number of hydrogen-bond donors (Lipinski definition) is 1. The van der Waals surface area contributed by atoms with Crippen molar-refractivity contribution < 1.29 is 17.9 Å². The van der Waals surface area contributed by atoms with Crippen LogP contribution in [0.2, 0.25) is 0 Å². The van der Waals surface area contributed by atoms with Crippen LogP contribution in [0.1, 0.15) is 12.8 Å². The molecule has 3 aliphatic rings. The number of amides is 1. The molecule has 8 nitrogen and oxygen atoms in total. The Bertz CT molecular complexity index is 1090. The van der Waals surface area contributed by atoms with Crippen LogP contribution in [0.3, 0.4) is 0 Å². The SMILES string of the molecule is COc1cccc(S(=O)(=O)N2CC(N3CCC4(CC3)C(=O)NCN4c3ccccc3)C2)c1. The number of carbonyl (C=O) groups is 1. The van der Waals surface area contributed by atoms with Crippen molar-refractivity contribution in [3.8, 4) is 5.75 Å². The molecule has 1 amide bonds. The summed E-state index contributed by atoms with van der Waals surface area (Å²) >= 11 is 0. The van der Waals surface area contributed by atoms with Gasteiger partial charge in [-0.25, -0.2) is 8.42 Å². The molecule has 2 aromatic carbocycles. The summed E-state index contributed by atoms with van der Waals surface area (Å²) < 4.78 is 32.6. The van der Waals surface area contributed by atoms with Crippen LogP contribution in [-0.4, -0.2) is 75.1 Å². The number of piperidine rings is 1. The van der Waals surface area contributed by atoms with E-state index in [1.807, 2.05) is 30.3 Å². The zero-order valence-corrected chi connectivity index (χ0v) is 18.9. The average molecular weight is 457 g/mol. The molecule has 0 unspecified atom stereocenters. The average Bonchev–Trinajstić information content (AvgIpc) is 3.10. The molecule has 0 saturated carbocycles. The minimum atomic E-state index is -3.53. The normalized spacial score (nSPS) is 22.0. The van der Waals surface area contributed by atoms with Gasteiger partial charge in [-0.1, -0.05) is 24.3 Å². The van der Waals surface area contributed by atoms with Crippen LogP contribution < -0.4 is 15.0 Å². The van der Waals surface area contributed by atoms with Crippen LogP contribution in [-0.2, 0) is 14.8 Å². The Kier molecular flexibility index (Phi) is 5.35. The molecular formula is C23H28N4O4S. The highest BCUT2D eigenvalue weighted by atomic mass is 32.2. The van der Waals surface area contributed by atoms with Gasteiger partial charge in [0.25, 0.3) is 0 Å². The van der Waals surface area contributed by atoms with Crippen molar-refractivity contribution >= 4 is 21.6 Å². The van der Waals surface area contributed by atoms with Gasteiger partial charge in [-0.3, -0.25) is 9.69 Å². The van der Waals surface area contributed by atoms with E-state index in [9.17, 15) is 13.2 Å². The van der Waals surface area contributed by atoms with E-state index < -0.39 is 15.6 Å². The summed E-state index contributed by atoms with van der Waals surface area (Å²) in [4.78, 5) is 17.6. The Balaban J connectivity index is 1.23. The van der Waals surface area contributed by atoms with Crippen LogP contribution >= 0.6 is 0 Å². The van der Waals surface area contributed by atoms with Crippen molar-refractivity contribution in [3.63, 3.8) is 0 Å². The third kappa shape index (κ3) is 3.44. The van der Waals surface area contributed by atoms with Gasteiger partial charge < -0.3 is 15.0 Å². The van der Waals surface area contributed by atoms with Gasteiger partial charge in [-0.05, 0) is 37.1 Å². The van der Waals surface area contributed by atoms with Crippen molar-refractivity contribution in [1.29, 1.82) is 0 Å². The second-order valence-electron chi connectivity index (χ2n) is 8.65. The van der Waals surface area contributed by atoms with E-state index in [0.29, 0.717) is 25.5 Å². The zero-order chi connectivity index (χ0) is 22.3. The van der Waals surface area contributed by atoms with Gasteiger partial charge in [-0.15, -0.1) is 0 Å². The van der Waals surface area contributed by atoms with Gasteiger partial charge >= 0.3 is 0 Å². The lowest BCUT2D eigenvalue weighted by molar-refractivity contribution is -0.125. The third-order valence-corrected chi connectivity index (χ3v) is 8.88. The van der Waals surface area contributed by atoms with Crippen LogP contribution in [0.25, 0.3) is 0 Å². The molecule has 170 valence electrons. The molecule has 3 aliphatic heterocycles. The summed E-state index contributed by atoms with van der Waals surface area (Å²) in [5, 5.41) is 3.03. The van der Waals surface area contributed by atoms with Gasteiger partial charge in [0.15, 0.2) is 0 Å². The molecule has 0 aromatic heterocycles. The van der Waals surface area contributed by atoms with E-state index in [0.717, 1.165) is 31.6 Å². The number of sulfonamides is 1. The van der Waals surface area contributed by atoms with Crippen LogP contribution in [0, 0.1) is 0 Å². The van der Waals surface area contributed by atoms with Gasteiger partial charge in [0, 0.05) is 44.0 Å². The number of carbonyl (C=O) groups excluding carboxylic acids is 1. The first-order valence-corrected chi connectivity index (χ1v) is 12.4. The van der Waals surface area contributed by atoms with E-state index in [2.05, 4.69) is 15.1 Å². The molecule has 0 aliphatic carbocycles. The highest BCUT2D eigenvalue weighted by Crippen LogP contribution is 2.37. The Morgan fingerprint density at radius 1 is 1.03 bits per heavy atom. The highest BCUT2D eigenvalue weighted by Gasteiger charge is 2.52. The maximum Gasteiger partial charge on any atom is 0.247 e. The number of para-hydroxylation sites is 1. The highest BCUT2D eigenvalue weighted by molar-refractivity contribution is 7.89. The van der Waals surface area contributed by atoms with Gasteiger partial charge in [0.05, 0.1) is 18.7 Å². The van der Waals surface area contributed by atoms with Crippen molar-refractivity contribution in [2.75, 3.05) is 44.9 Å². The first-order valence-electron chi connectivity index (χ1n) is 10.9. The monoisotopic (exact) mass is 456 g/mol. The molecule has 9 heteroatoms. The lowest BCUT2D eigenvalue weighted by atomic mass is 9.84. The molecule has 0 atom stereocenters. The second kappa shape index (κ2) is 8.06. The molecule has 1 spiro atoms. The third-order valence-electron chi connectivity index (χ3n) is 7.05. The number of hydrogen-bond acceptors (Lipinski definition) is 6. The van der Waals surface area contributed by atoms with Gasteiger partial charge in [0.1, 0.15) is 11.3 Å². The molecule has 5 rings (SSSR count). The van der Waals surface area contributed by atoms with Crippen molar-refractivity contribution in [2.24, 2.45) is 0 Å². The molecular weight excluding hydrogens is 428 g/mol. The maximum absolute atomic E-state index is 13.0. The van der Waals surface area contributed by atoms with Crippen molar-refractivity contribution in [3.05, 3.63) is 54.6 Å². The smallest absolute Gasteiger partial charge is 0.247 e. The minimum Gasteiger partial charge on any atom is -0.497 e. The number of nitrogens with zero attached hydrogens (tertiary/aromatic N) is 3. The number of nitrogens with one attached hydrogen (secondary N) is 1. The van der Waals surface area contributed by atoms with E-state index in [-0.39, 0.29) is 16.8 Å². The molecule has 0 bridgehead atoms. The number of likely N-dealkylation sites (tertiary alicyclic amines) is 1. The quantitative estimate of drug-likeness (QED) is 0.734. The Labute approximate surface area is 188 Å². The summed E-state index contributed by atoms with van der Waals surface area (Å²) in [5.41, 5.74) is 0.534. The number of rotatable bonds is 5. The van der Waals surface area contributed by atoms with Crippen LogP contribution in [0.5, 0.6) is 5.75 Å². The van der Waals surface area contributed by atoms with E-state index in [1.165, 1.54) is 11.4 Å². The summed E-state index contributed by atoms with van der Waals surface area (Å²) in [6.45, 7) is 3.02. The molecule has 3 heterocycles. The fraction of sp³-hybridized carbons (Fsp3) is 0.435. The molecule has 0 radical (unpaired) electrons. The number of ether oxygens (including phenoxy) is 1. The van der Waals surface area contributed by atoms with E-state index in [4.69, 9.17) is 4.74 Å². The zero-order valence-electron chi connectivity index (χ0n) is 18.1. The van der Waals surface area contributed by atoms with Crippen molar-refractivity contribution in [1.82, 2.24) is 14.5 Å². The molecule has 32 heavy (non-hydrogen) atoms. The number of methoxy groups -OCH3 is 1. The summed E-state index contributed by atoms with van der Waals surface area (Å²) in [5.74, 6) is 0.624.